The summed E-state index contributed by atoms with van der Waals surface area (Å²) in [5.74, 6) is 0. The summed E-state index contributed by atoms with van der Waals surface area (Å²) in [6.45, 7) is 6.16. The summed E-state index contributed by atoms with van der Waals surface area (Å²) in [7, 11) is 0. The average Bonchev–Trinajstić information content (AvgIpc) is 2.41. The van der Waals surface area contributed by atoms with Crippen molar-refractivity contribution in [1.82, 2.24) is 9.80 Å². The lowest BCUT2D eigenvalue weighted by Gasteiger charge is -2.40. The Hall–Kier alpha value is -0.160. The van der Waals surface area contributed by atoms with E-state index in [1.165, 1.54) is 58.3 Å². The van der Waals surface area contributed by atoms with Crippen LogP contribution in [0.5, 0.6) is 0 Å². The van der Waals surface area contributed by atoms with Crippen LogP contribution in [0.3, 0.4) is 0 Å². The normalized spacial score (nSPS) is 26.3. The zero-order valence-corrected chi connectivity index (χ0v) is 11.6. The van der Waals surface area contributed by atoms with Gasteiger partial charge >= 0.3 is 0 Å². The number of aliphatic hydroxyl groups is 1. The zero-order chi connectivity index (χ0) is 12.8. The number of likely N-dealkylation sites (tertiary alicyclic amines) is 2. The van der Waals surface area contributed by atoms with Gasteiger partial charge in [-0.2, -0.15) is 0 Å². The molecule has 2 fully saturated rings. The second-order valence-corrected chi connectivity index (χ2v) is 5.90. The molecule has 4 nitrogen and oxygen atoms in total. The minimum atomic E-state index is 0.140. The standard InChI is InChI=1S/C14H29N3O/c15-13(6-11-18)12-16-9-4-14(5-10-16)17-7-2-1-3-8-17/h13-14,18H,1-12,15H2. The molecular formula is C14H29N3O. The molecule has 0 aromatic heterocycles. The molecule has 0 radical (unpaired) electrons. The topological polar surface area (TPSA) is 52.7 Å². The SMILES string of the molecule is NC(CCO)CN1CCC(N2CCCCC2)CC1. The second-order valence-electron chi connectivity index (χ2n) is 5.90. The largest absolute Gasteiger partial charge is 0.396 e. The van der Waals surface area contributed by atoms with Gasteiger partial charge in [0.25, 0.3) is 0 Å². The molecule has 106 valence electrons. The van der Waals surface area contributed by atoms with Crippen LogP contribution in [0.4, 0.5) is 0 Å². The van der Waals surface area contributed by atoms with Gasteiger partial charge < -0.3 is 20.6 Å². The number of piperidine rings is 2. The van der Waals surface area contributed by atoms with Crippen LogP contribution in [-0.4, -0.2) is 66.3 Å². The van der Waals surface area contributed by atoms with Crippen molar-refractivity contribution in [2.45, 2.75) is 50.6 Å². The number of hydrogen-bond donors (Lipinski definition) is 2. The molecule has 1 unspecified atom stereocenters. The van der Waals surface area contributed by atoms with E-state index in [2.05, 4.69) is 9.80 Å². The van der Waals surface area contributed by atoms with E-state index < -0.39 is 0 Å². The summed E-state index contributed by atoms with van der Waals surface area (Å²) in [6, 6.07) is 0.956. The van der Waals surface area contributed by atoms with Crippen molar-refractivity contribution in [2.75, 3.05) is 39.3 Å². The third kappa shape index (κ3) is 4.19. The molecule has 2 heterocycles. The predicted molar refractivity (Wildman–Crippen MR) is 74.6 cm³/mol. The summed E-state index contributed by atoms with van der Waals surface area (Å²) in [5, 5.41) is 8.87. The van der Waals surface area contributed by atoms with Gasteiger partial charge in [0.2, 0.25) is 0 Å². The van der Waals surface area contributed by atoms with Gasteiger partial charge in [-0.3, -0.25) is 0 Å². The van der Waals surface area contributed by atoms with Crippen LogP contribution in [0, 0.1) is 0 Å². The van der Waals surface area contributed by atoms with Gasteiger partial charge in [0.15, 0.2) is 0 Å². The van der Waals surface area contributed by atoms with E-state index in [-0.39, 0.29) is 12.6 Å². The minimum Gasteiger partial charge on any atom is -0.396 e. The number of rotatable bonds is 5. The Bertz CT molecular complexity index is 223. The Morgan fingerprint density at radius 3 is 2.33 bits per heavy atom. The molecule has 2 saturated heterocycles. The van der Waals surface area contributed by atoms with Crippen LogP contribution in [0.1, 0.15) is 38.5 Å². The van der Waals surface area contributed by atoms with Gasteiger partial charge in [0.05, 0.1) is 0 Å². The van der Waals surface area contributed by atoms with Crippen molar-refractivity contribution >= 4 is 0 Å². The van der Waals surface area contributed by atoms with Gasteiger partial charge in [-0.1, -0.05) is 6.42 Å². The van der Waals surface area contributed by atoms with E-state index in [1.807, 2.05) is 0 Å². The highest BCUT2D eigenvalue weighted by Crippen LogP contribution is 2.20. The number of nitrogens with two attached hydrogens (primary N) is 1. The number of hydrogen-bond acceptors (Lipinski definition) is 4. The van der Waals surface area contributed by atoms with Gasteiger partial charge in [-0.05, 0) is 58.3 Å². The first-order valence-electron chi connectivity index (χ1n) is 7.62. The van der Waals surface area contributed by atoms with Gasteiger partial charge in [-0.25, -0.2) is 0 Å². The fourth-order valence-electron chi connectivity index (χ4n) is 3.34. The number of aliphatic hydroxyl groups excluding tert-OH is 1. The van der Waals surface area contributed by atoms with E-state index >= 15 is 0 Å². The lowest BCUT2D eigenvalue weighted by atomic mass is 9.99. The third-order valence-corrected chi connectivity index (χ3v) is 4.46. The smallest absolute Gasteiger partial charge is 0.0446 e. The summed E-state index contributed by atoms with van der Waals surface area (Å²) in [4.78, 5) is 5.18. The Morgan fingerprint density at radius 1 is 1.06 bits per heavy atom. The van der Waals surface area contributed by atoms with Crippen LogP contribution < -0.4 is 5.73 Å². The molecule has 0 saturated carbocycles. The molecular weight excluding hydrogens is 226 g/mol. The molecule has 0 amide bonds. The average molecular weight is 255 g/mol. The maximum Gasteiger partial charge on any atom is 0.0446 e. The summed E-state index contributed by atoms with van der Waals surface area (Å²) in [6.07, 6.45) is 7.53. The first-order valence-corrected chi connectivity index (χ1v) is 7.62. The maximum atomic E-state index is 8.87. The Morgan fingerprint density at radius 2 is 1.72 bits per heavy atom. The van der Waals surface area contributed by atoms with Gasteiger partial charge in [-0.15, -0.1) is 0 Å². The van der Waals surface area contributed by atoms with Crippen molar-refractivity contribution in [3.63, 3.8) is 0 Å². The second kappa shape index (κ2) is 7.43. The molecule has 0 bridgehead atoms. The van der Waals surface area contributed by atoms with Crippen molar-refractivity contribution in [1.29, 1.82) is 0 Å². The monoisotopic (exact) mass is 255 g/mol. The van der Waals surface area contributed by atoms with E-state index in [0.717, 1.165) is 19.0 Å². The van der Waals surface area contributed by atoms with Crippen molar-refractivity contribution in [2.24, 2.45) is 5.73 Å². The molecule has 0 aromatic carbocycles. The van der Waals surface area contributed by atoms with Crippen LogP contribution >= 0.6 is 0 Å². The fraction of sp³-hybridized carbons (Fsp3) is 1.00. The zero-order valence-electron chi connectivity index (χ0n) is 11.6. The lowest BCUT2D eigenvalue weighted by molar-refractivity contribution is 0.0885. The summed E-state index contributed by atoms with van der Waals surface area (Å²) < 4.78 is 0. The van der Waals surface area contributed by atoms with E-state index in [0.29, 0.717) is 0 Å². The molecule has 3 N–H and O–H groups in total. The molecule has 2 aliphatic heterocycles. The minimum absolute atomic E-state index is 0.140. The highest BCUT2D eigenvalue weighted by Gasteiger charge is 2.25. The van der Waals surface area contributed by atoms with Crippen LogP contribution in [0.15, 0.2) is 0 Å². The molecule has 4 heteroatoms. The van der Waals surface area contributed by atoms with Gasteiger partial charge in [0.1, 0.15) is 0 Å². The Balaban J connectivity index is 1.67. The molecule has 2 rings (SSSR count). The summed E-state index contributed by atoms with van der Waals surface area (Å²) >= 11 is 0. The van der Waals surface area contributed by atoms with E-state index in [9.17, 15) is 0 Å². The molecule has 1 atom stereocenters. The lowest BCUT2D eigenvalue weighted by Crippen LogP contribution is -2.49. The Kier molecular flexibility index (Phi) is 5.89. The van der Waals surface area contributed by atoms with Crippen molar-refractivity contribution in [3.05, 3.63) is 0 Å². The summed E-state index contributed by atoms with van der Waals surface area (Å²) in [5.41, 5.74) is 5.98. The van der Waals surface area contributed by atoms with Crippen LogP contribution in [-0.2, 0) is 0 Å². The molecule has 0 aliphatic carbocycles. The molecule has 0 aromatic rings. The quantitative estimate of drug-likeness (QED) is 0.757. The third-order valence-electron chi connectivity index (χ3n) is 4.46. The molecule has 2 aliphatic rings. The first kappa shape index (κ1) is 14.3. The van der Waals surface area contributed by atoms with E-state index in [1.54, 1.807) is 0 Å². The fourth-order valence-corrected chi connectivity index (χ4v) is 3.34. The highest BCUT2D eigenvalue weighted by atomic mass is 16.3. The van der Waals surface area contributed by atoms with Crippen LogP contribution in [0.25, 0.3) is 0 Å². The molecule has 18 heavy (non-hydrogen) atoms. The van der Waals surface area contributed by atoms with Crippen LogP contribution in [0.2, 0.25) is 0 Å². The number of nitrogens with zero attached hydrogens (tertiary/aromatic N) is 2. The maximum absolute atomic E-state index is 8.87. The van der Waals surface area contributed by atoms with Crippen molar-refractivity contribution in [3.8, 4) is 0 Å². The predicted octanol–water partition coefficient (Wildman–Crippen LogP) is 0.646. The first-order chi connectivity index (χ1) is 8.79. The van der Waals surface area contributed by atoms with Crippen molar-refractivity contribution < 1.29 is 5.11 Å². The van der Waals surface area contributed by atoms with E-state index in [4.69, 9.17) is 10.8 Å². The van der Waals surface area contributed by atoms with Gasteiger partial charge in [0, 0.05) is 25.2 Å². The highest BCUT2D eigenvalue weighted by molar-refractivity contribution is 4.82. The Labute approximate surface area is 111 Å². The molecule has 0 spiro atoms.